The molecule has 27 heteroatoms. The average Bonchev–Trinajstić information content (AvgIpc) is 3.13. The molecule has 0 saturated heterocycles. The summed E-state index contributed by atoms with van der Waals surface area (Å²) in [5.74, 6) is -3.83. The zero-order valence-corrected chi connectivity index (χ0v) is 37.6. The Hall–Kier alpha value is -4.42. The van der Waals surface area contributed by atoms with E-state index >= 15 is 0 Å². The minimum Gasteiger partial charge on any atom is -0.481 e. The van der Waals surface area contributed by atoms with Gasteiger partial charge >= 0.3 is 39.7 Å². The Morgan fingerprint density at radius 2 is 0.952 bits per heavy atom. The number of likely N-dealkylation sites (N-methyl/N-ethyl adjacent to an activating group) is 2. The lowest BCUT2D eigenvalue weighted by Gasteiger charge is -2.24. The molecule has 0 heterocycles. The van der Waals surface area contributed by atoms with Crippen LogP contribution in [0.5, 0.6) is 11.5 Å². The number of non-ortho nitro benzene ring substituents is 2. The van der Waals surface area contributed by atoms with E-state index < -0.39 is 55.3 Å². The molecule has 358 valence electrons. The van der Waals surface area contributed by atoms with Crippen LogP contribution in [0.2, 0.25) is 0 Å². The van der Waals surface area contributed by atoms with Crippen LogP contribution in [0.3, 0.4) is 0 Å². The minimum absolute atomic E-state index is 0.0511. The first-order chi connectivity index (χ1) is 28.9. The van der Waals surface area contributed by atoms with Crippen molar-refractivity contribution in [3.8, 4) is 11.5 Å². The topological polar surface area (TPSA) is 288 Å². The number of esters is 2. The third-order valence-electron chi connectivity index (χ3n) is 7.37. The number of rotatable bonds is 26. The number of hydrogen-bond acceptors (Lipinski definition) is 15. The standard InChI is InChI=1S/C17H27N2O8P.C11H24NO6P.C8H4F3NO4/c1-19(2,3)12-14-26-28(23,24)25-13-6-4-5-7-17(20)27-16-10-8-15(9-11-16)18(21)22;1-12(2,3)8-10-18-19(15,16)17-9-6-4-5-7-11(13)14;9-8(10,11)7(13)16-6-3-1-5(2-4-6)12(14)15/h8-11H,4-7,12-14H2,1-3H3;4-10H2,1-3H3,(H-,13,14,15,16);1-4H/p+2. The Morgan fingerprint density at radius 3 is 1.29 bits per heavy atom. The molecule has 0 bridgehead atoms. The maximum atomic E-state index is 11.8. The quantitative estimate of drug-likeness (QED) is 0.0174. The molecule has 2 aromatic carbocycles. The molecule has 2 aromatic rings. The van der Waals surface area contributed by atoms with E-state index in [2.05, 4.69) is 4.74 Å². The Kier molecular flexibility index (Phi) is 26.4. The smallest absolute Gasteiger partial charge is 0.481 e. The molecule has 0 aromatic heterocycles. The predicted octanol–water partition coefficient (Wildman–Crippen LogP) is 6.43. The lowest BCUT2D eigenvalue weighted by Crippen LogP contribution is -2.37. The van der Waals surface area contributed by atoms with E-state index in [1.165, 1.54) is 24.3 Å². The van der Waals surface area contributed by atoms with Crippen molar-refractivity contribution < 1.29 is 98.0 Å². The van der Waals surface area contributed by atoms with Gasteiger partial charge in [0.1, 0.15) is 37.8 Å². The molecule has 2 unspecified atom stereocenters. The molecule has 3 N–H and O–H groups in total. The molecule has 0 fully saturated rings. The van der Waals surface area contributed by atoms with Gasteiger partial charge in [-0.25, -0.2) is 13.9 Å². The Balaban J connectivity index is 0.000000961. The summed E-state index contributed by atoms with van der Waals surface area (Å²) in [5.41, 5.74) is -0.394. The monoisotopic (exact) mass is 952 g/mol. The predicted molar refractivity (Wildman–Crippen MR) is 217 cm³/mol. The van der Waals surface area contributed by atoms with Crippen LogP contribution in [0.4, 0.5) is 24.5 Å². The number of carboxylic acid groups (broad SMARTS) is 1. The lowest BCUT2D eigenvalue weighted by atomic mass is 10.2. The van der Waals surface area contributed by atoms with Crippen LogP contribution in [0, 0.1) is 20.2 Å². The van der Waals surface area contributed by atoms with Crippen molar-refractivity contribution in [2.45, 2.75) is 57.5 Å². The fraction of sp³-hybridized carbons (Fsp3) is 0.583. The number of phosphoric acid groups is 2. The van der Waals surface area contributed by atoms with Crippen molar-refractivity contribution >= 4 is 44.9 Å². The van der Waals surface area contributed by atoms with Gasteiger partial charge in [0.05, 0.1) is 65.3 Å². The Bertz CT molecular complexity index is 1820. The highest BCUT2D eigenvalue weighted by molar-refractivity contribution is 7.47. The minimum atomic E-state index is -5.10. The zero-order valence-electron chi connectivity index (χ0n) is 35.8. The number of nitro groups is 2. The molecule has 2 atom stereocenters. The van der Waals surface area contributed by atoms with Gasteiger partial charge in [0, 0.05) is 37.1 Å². The number of carbonyl (C=O) groups is 3. The largest absolute Gasteiger partial charge is 0.491 e. The number of phosphoric ester groups is 2. The Morgan fingerprint density at radius 1 is 0.603 bits per heavy atom. The fourth-order valence-electron chi connectivity index (χ4n) is 4.02. The molecular weight excluding hydrogens is 895 g/mol. The molecule has 63 heavy (non-hydrogen) atoms. The lowest BCUT2D eigenvalue weighted by molar-refractivity contribution is -0.870. The van der Waals surface area contributed by atoms with Crippen LogP contribution in [0.15, 0.2) is 48.5 Å². The molecular formula is C36H57F3N4O18P2+2. The molecule has 0 aliphatic heterocycles. The summed E-state index contributed by atoms with van der Waals surface area (Å²) in [6.07, 6.45) is -1.49. The highest BCUT2D eigenvalue weighted by Gasteiger charge is 2.41. The van der Waals surface area contributed by atoms with E-state index in [1.807, 2.05) is 42.3 Å². The maximum Gasteiger partial charge on any atom is 0.491 e. The fourth-order valence-corrected chi connectivity index (χ4v) is 5.51. The van der Waals surface area contributed by atoms with Gasteiger partial charge in [-0.05, 0) is 49.9 Å². The number of hydrogen-bond donors (Lipinski definition) is 3. The van der Waals surface area contributed by atoms with Crippen LogP contribution in [-0.4, -0.2) is 140 Å². The van der Waals surface area contributed by atoms with E-state index in [-0.39, 0.29) is 56.4 Å². The number of benzene rings is 2. The third kappa shape index (κ3) is 32.9. The number of nitro benzene ring substituents is 2. The second kappa shape index (κ2) is 28.4. The molecule has 0 amide bonds. The van der Waals surface area contributed by atoms with E-state index in [9.17, 15) is 66.7 Å². The third-order valence-corrected chi connectivity index (χ3v) is 9.41. The number of carboxylic acids is 1. The van der Waals surface area contributed by atoms with E-state index in [4.69, 9.17) is 27.9 Å². The summed E-state index contributed by atoms with van der Waals surface area (Å²) in [6.45, 7) is 1.59. The first-order valence-corrected chi connectivity index (χ1v) is 22.0. The number of halogens is 3. The van der Waals surface area contributed by atoms with Gasteiger partial charge in [0.15, 0.2) is 0 Å². The summed E-state index contributed by atoms with van der Waals surface area (Å²) in [6, 6.07) is 8.91. The number of quaternary nitrogens is 2. The molecule has 0 aliphatic rings. The molecule has 0 saturated carbocycles. The SMILES string of the molecule is C[N+](C)(C)CCOP(=O)(O)OCCCCCC(=O)O.C[N+](C)(C)CCOP(=O)(O)OCCCCCC(=O)Oc1ccc([N+](=O)[O-])cc1.O=C(Oc1ccc([N+](=O)[O-])cc1)C(F)(F)F. The Labute approximate surface area is 362 Å². The van der Waals surface area contributed by atoms with Crippen LogP contribution in [-0.2, 0) is 41.6 Å². The van der Waals surface area contributed by atoms with Gasteiger partial charge in [-0.15, -0.1) is 0 Å². The van der Waals surface area contributed by atoms with Gasteiger partial charge in [-0.3, -0.25) is 47.9 Å². The molecule has 2 rings (SSSR count). The molecule has 0 aliphatic carbocycles. The zero-order chi connectivity index (χ0) is 48.5. The molecule has 0 radical (unpaired) electrons. The van der Waals surface area contributed by atoms with Crippen molar-refractivity contribution in [3.05, 3.63) is 68.8 Å². The summed E-state index contributed by atoms with van der Waals surface area (Å²) in [5, 5.41) is 29.2. The number of unbranched alkanes of at least 4 members (excludes halogenated alkanes) is 4. The van der Waals surface area contributed by atoms with E-state index in [1.54, 1.807) is 0 Å². The van der Waals surface area contributed by atoms with Gasteiger partial charge in [-0.1, -0.05) is 12.8 Å². The second-order valence-corrected chi connectivity index (χ2v) is 18.1. The normalized spacial score (nSPS) is 13.4. The first-order valence-electron chi connectivity index (χ1n) is 19.0. The van der Waals surface area contributed by atoms with Gasteiger partial charge in [0.25, 0.3) is 11.4 Å². The van der Waals surface area contributed by atoms with Crippen molar-refractivity contribution in [3.63, 3.8) is 0 Å². The number of aliphatic carboxylic acids is 1. The van der Waals surface area contributed by atoms with Crippen LogP contribution >= 0.6 is 15.6 Å². The van der Waals surface area contributed by atoms with Crippen LogP contribution < -0.4 is 9.47 Å². The number of carbonyl (C=O) groups excluding carboxylic acids is 2. The number of ether oxygens (including phenoxy) is 2. The summed E-state index contributed by atoms with van der Waals surface area (Å²) in [4.78, 5) is 70.8. The highest BCUT2D eigenvalue weighted by atomic mass is 31.2. The van der Waals surface area contributed by atoms with Crippen LogP contribution in [0.25, 0.3) is 0 Å². The van der Waals surface area contributed by atoms with Gasteiger partial charge in [-0.2, -0.15) is 13.2 Å². The van der Waals surface area contributed by atoms with Crippen molar-refractivity contribution in [1.29, 1.82) is 0 Å². The first kappa shape index (κ1) is 58.6. The second-order valence-electron chi connectivity index (χ2n) is 15.2. The number of alkyl halides is 3. The van der Waals surface area contributed by atoms with Gasteiger partial charge in [0.2, 0.25) is 0 Å². The van der Waals surface area contributed by atoms with E-state index in [0.717, 1.165) is 24.3 Å². The maximum absolute atomic E-state index is 11.8. The highest BCUT2D eigenvalue weighted by Crippen LogP contribution is 2.44. The summed E-state index contributed by atoms with van der Waals surface area (Å²) in [7, 11) is 3.67. The molecule has 0 spiro atoms. The number of nitrogens with zero attached hydrogens (tertiary/aromatic N) is 4. The average molecular weight is 953 g/mol. The summed E-state index contributed by atoms with van der Waals surface area (Å²) < 4.78 is 88.1. The molecule has 22 nitrogen and oxygen atoms in total. The summed E-state index contributed by atoms with van der Waals surface area (Å²) >= 11 is 0. The van der Waals surface area contributed by atoms with Crippen molar-refractivity contribution in [2.75, 3.05) is 81.8 Å². The van der Waals surface area contributed by atoms with Crippen molar-refractivity contribution in [2.24, 2.45) is 0 Å². The van der Waals surface area contributed by atoms with Gasteiger partial charge < -0.3 is 33.3 Å². The van der Waals surface area contributed by atoms with E-state index in [0.29, 0.717) is 60.6 Å². The van der Waals surface area contributed by atoms with Crippen molar-refractivity contribution in [1.82, 2.24) is 0 Å². The van der Waals surface area contributed by atoms with Crippen LogP contribution in [0.1, 0.15) is 51.4 Å².